The number of carbonyl (C=O) groups is 1. The molecule has 2 rings (SSSR count). The summed E-state index contributed by atoms with van der Waals surface area (Å²) < 4.78 is 18.1. The zero-order chi connectivity index (χ0) is 13.7. The number of ether oxygens (including phenoxy) is 1. The van der Waals surface area contributed by atoms with Crippen LogP contribution >= 0.6 is 0 Å². The molecule has 19 heavy (non-hydrogen) atoms. The van der Waals surface area contributed by atoms with Crippen molar-refractivity contribution in [3.63, 3.8) is 0 Å². The molecule has 0 unspecified atom stereocenters. The summed E-state index contributed by atoms with van der Waals surface area (Å²) in [7, 11) is 0. The Morgan fingerprint density at radius 3 is 2.89 bits per heavy atom. The number of nitrogens with zero attached hydrogens (tertiary/aromatic N) is 1. The van der Waals surface area contributed by atoms with Crippen LogP contribution in [0.15, 0.2) is 42.6 Å². The van der Waals surface area contributed by atoms with Crippen LogP contribution in [0.5, 0.6) is 0 Å². The number of hydrogen-bond acceptors (Lipinski definition) is 4. The smallest absolute Gasteiger partial charge is 0.340 e. The Bertz CT molecular complexity index is 573. The molecule has 5 heteroatoms. The first-order valence-corrected chi connectivity index (χ1v) is 5.79. The van der Waals surface area contributed by atoms with E-state index < -0.39 is 11.8 Å². The molecule has 0 aliphatic rings. The summed E-state index contributed by atoms with van der Waals surface area (Å²) in [5, 5.41) is 0. The number of hydrogen-bond donors (Lipinski definition) is 1. The van der Waals surface area contributed by atoms with E-state index >= 15 is 0 Å². The standard InChI is InChI=1S/C14H13FN2O2/c15-10-4-5-13(16)12(9-10)14(18)19-8-6-11-3-1-2-7-17-11/h1-5,7,9H,6,8,16H2. The Kier molecular flexibility index (Phi) is 4.07. The summed E-state index contributed by atoms with van der Waals surface area (Å²) >= 11 is 0. The molecule has 2 N–H and O–H groups in total. The van der Waals surface area contributed by atoms with Crippen molar-refractivity contribution in [2.75, 3.05) is 12.3 Å². The largest absolute Gasteiger partial charge is 0.462 e. The monoisotopic (exact) mass is 260 g/mol. The van der Waals surface area contributed by atoms with Gasteiger partial charge in [0.1, 0.15) is 5.82 Å². The summed E-state index contributed by atoms with van der Waals surface area (Å²) in [6.45, 7) is 0.172. The topological polar surface area (TPSA) is 65.2 Å². The highest BCUT2D eigenvalue weighted by Gasteiger charge is 2.12. The van der Waals surface area contributed by atoms with Crippen molar-refractivity contribution in [1.29, 1.82) is 0 Å². The van der Waals surface area contributed by atoms with E-state index in [1.54, 1.807) is 6.20 Å². The van der Waals surface area contributed by atoms with Crippen molar-refractivity contribution >= 4 is 11.7 Å². The van der Waals surface area contributed by atoms with Gasteiger partial charge in [-0.25, -0.2) is 9.18 Å². The number of pyridine rings is 1. The number of benzene rings is 1. The maximum atomic E-state index is 13.0. The fraction of sp³-hybridized carbons (Fsp3) is 0.143. The zero-order valence-electron chi connectivity index (χ0n) is 10.2. The second-order valence-corrected chi connectivity index (χ2v) is 3.94. The molecule has 0 aliphatic carbocycles. The third-order valence-electron chi connectivity index (χ3n) is 2.55. The third kappa shape index (κ3) is 3.51. The molecule has 0 amide bonds. The van der Waals surface area contributed by atoms with Crippen molar-refractivity contribution in [2.24, 2.45) is 0 Å². The molecule has 0 bridgehead atoms. The quantitative estimate of drug-likeness (QED) is 0.676. The van der Waals surface area contributed by atoms with Gasteiger partial charge in [0.25, 0.3) is 0 Å². The maximum absolute atomic E-state index is 13.0. The Morgan fingerprint density at radius 2 is 2.16 bits per heavy atom. The van der Waals surface area contributed by atoms with Gasteiger partial charge in [0.15, 0.2) is 0 Å². The highest BCUT2D eigenvalue weighted by atomic mass is 19.1. The minimum atomic E-state index is -0.632. The number of nitrogen functional groups attached to an aromatic ring is 1. The Morgan fingerprint density at radius 1 is 1.32 bits per heavy atom. The maximum Gasteiger partial charge on any atom is 0.340 e. The molecule has 0 spiro atoms. The van der Waals surface area contributed by atoms with Crippen LogP contribution in [-0.4, -0.2) is 17.6 Å². The van der Waals surface area contributed by atoms with Crippen LogP contribution < -0.4 is 5.73 Å². The molecular formula is C14H13FN2O2. The van der Waals surface area contributed by atoms with Crippen LogP contribution in [0.3, 0.4) is 0 Å². The van der Waals surface area contributed by atoms with E-state index in [0.717, 1.165) is 11.8 Å². The molecule has 0 atom stereocenters. The molecule has 1 heterocycles. The van der Waals surface area contributed by atoms with E-state index in [-0.39, 0.29) is 17.9 Å². The predicted octanol–water partition coefficient (Wildman–Crippen LogP) is 2.20. The van der Waals surface area contributed by atoms with E-state index in [0.29, 0.717) is 6.42 Å². The summed E-state index contributed by atoms with van der Waals surface area (Å²) in [6, 6.07) is 9.10. The van der Waals surface area contributed by atoms with Crippen LogP contribution in [0.4, 0.5) is 10.1 Å². The molecular weight excluding hydrogens is 247 g/mol. The number of esters is 1. The van der Waals surface area contributed by atoms with Crippen molar-refractivity contribution in [1.82, 2.24) is 4.98 Å². The van der Waals surface area contributed by atoms with E-state index in [2.05, 4.69) is 4.98 Å². The first kappa shape index (κ1) is 13.0. The lowest BCUT2D eigenvalue weighted by molar-refractivity contribution is 0.0509. The van der Waals surface area contributed by atoms with Gasteiger partial charge >= 0.3 is 5.97 Å². The van der Waals surface area contributed by atoms with Gasteiger partial charge in [0.2, 0.25) is 0 Å². The molecule has 2 aromatic rings. The van der Waals surface area contributed by atoms with Crippen LogP contribution in [0.25, 0.3) is 0 Å². The molecule has 1 aromatic carbocycles. The van der Waals surface area contributed by atoms with E-state index in [1.807, 2.05) is 18.2 Å². The number of aromatic nitrogens is 1. The fourth-order valence-corrected chi connectivity index (χ4v) is 1.58. The Labute approximate surface area is 110 Å². The summed E-state index contributed by atoms with van der Waals surface area (Å²) in [4.78, 5) is 15.8. The van der Waals surface area contributed by atoms with E-state index in [4.69, 9.17) is 10.5 Å². The van der Waals surface area contributed by atoms with Crippen LogP contribution in [-0.2, 0) is 11.2 Å². The van der Waals surface area contributed by atoms with Gasteiger partial charge in [-0.2, -0.15) is 0 Å². The summed E-state index contributed by atoms with van der Waals surface area (Å²) in [5.41, 5.74) is 6.66. The third-order valence-corrected chi connectivity index (χ3v) is 2.55. The summed E-state index contributed by atoms with van der Waals surface area (Å²) in [5.74, 6) is -1.15. The minimum Gasteiger partial charge on any atom is -0.462 e. The van der Waals surface area contributed by atoms with Gasteiger partial charge in [-0.05, 0) is 30.3 Å². The lowest BCUT2D eigenvalue weighted by Crippen LogP contribution is -2.11. The molecule has 0 fully saturated rings. The Balaban J connectivity index is 1.93. The zero-order valence-corrected chi connectivity index (χ0v) is 10.2. The first-order chi connectivity index (χ1) is 9.16. The minimum absolute atomic E-state index is 0.0426. The van der Waals surface area contributed by atoms with Gasteiger partial charge in [0, 0.05) is 24.0 Å². The highest BCUT2D eigenvalue weighted by Crippen LogP contribution is 2.14. The van der Waals surface area contributed by atoms with Gasteiger partial charge in [-0.15, -0.1) is 0 Å². The average molecular weight is 260 g/mol. The second-order valence-electron chi connectivity index (χ2n) is 3.94. The Hall–Kier alpha value is -2.43. The normalized spacial score (nSPS) is 10.2. The second kappa shape index (κ2) is 5.95. The molecule has 0 saturated heterocycles. The molecule has 0 saturated carbocycles. The molecule has 4 nitrogen and oxygen atoms in total. The van der Waals surface area contributed by atoms with Crippen LogP contribution in [0.1, 0.15) is 16.1 Å². The van der Waals surface area contributed by atoms with Gasteiger partial charge in [0.05, 0.1) is 12.2 Å². The highest BCUT2D eigenvalue weighted by molar-refractivity contribution is 5.95. The van der Waals surface area contributed by atoms with Crippen molar-refractivity contribution in [2.45, 2.75) is 6.42 Å². The van der Waals surface area contributed by atoms with E-state index in [9.17, 15) is 9.18 Å². The van der Waals surface area contributed by atoms with Crippen molar-refractivity contribution in [3.8, 4) is 0 Å². The number of carbonyl (C=O) groups excluding carboxylic acids is 1. The van der Waals surface area contributed by atoms with Gasteiger partial charge < -0.3 is 10.5 Å². The lowest BCUT2D eigenvalue weighted by Gasteiger charge is -2.06. The number of nitrogens with two attached hydrogens (primary N) is 1. The van der Waals surface area contributed by atoms with Crippen molar-refractivity contribution < 1.29 is 13.9 Å². The summed E-state index contributed by atoms with van der Waals surface area (Å²) in [6.07, 6.45) is 2.17. The van der Waals surface area contributed by atoms with E-state index in [1.165, 1.54) is 12.1 Å². The molecule has 98 valence electrons. The SMILES string of the molecule is Nc1ccc(F)cc1C(=O)OCCc1ccccn1. The average Bonchev–Trinajstić information content (AvgIpc) is 2.42. The number of rotatable bonds is 4. The molecule has 0 radical (unpaired) electrons. The van der Waals surface area contributed by atoms with Crippen LogP contribution in [0, 0.1) is 5.82 Å². The predicted molar refractivity (Wildman–Crippen MR) is 69.0 cm³/mol. The van der Waals surface area contributed by atoms with Crippen molar-refractivity contribution in [3.05, 3.63) is 59.7 Å². The molecule has 0 aliphatic heterocycles. The number of halogens is 1. The number of anilines is 1. The fourth-order valence-electron chi connectivity index (χ4n) is 1.58. The van der Waals surface area contributed by atoms with Gasteiger partial charge in [-0.1, -0.05) is 6.07 Å². The molecule has 1 aromatic heterocycles. The van der Waals surface area contributed by atoms with Crippen LogP contribution in [0.2, 0.25) is 0 Å². The first-order valence-electron chi connectivity index (χ1n) is 5.79. The van der Waals surface area contributed by atoms with Gasteiger partial charge in [-0.3, -0.25) is 4.98 Å². The lowest BCUT2D eigenvalue weighted by atomic mass is 10.2.